The summed E-state index contributed by atoms with van der Waals surface area (Å²) < 4.78 is 0.525. The molecule has 0 bridgehead atoms. The smallest absolute Gasteiger partial charge is 0.350 e. The summed E-state index contributed by atoms with van der Waals surface area (Å²) >= 11 is 1.97. The van der Waals surface area contributed by atoms with E-state index in [1.54, 1.807) is 13.1 Å². The monoisotopic (exact) mass is 429 g/mol. The van der Waals surface area contributed by atoms with E-state index in [1.807, 2.05) is 33.6 Å². The van der Waals surface area contributed by atoms with Gasteiger partial charge in [-0.2, -0.15) is 9.97 Å². The average Bonchev–Trinajstić information content (AvgIpc) is 2.54. The van der Waals surface area contributed by atoms with Crippen LogP contribution in [0.5, 0.6) is 0 Å². The summed E-state index contributed by atoms with van der Waals surface area (Å²) in [5, 5.41) is 9.59. The Kier molecular flexibility index (Phi) is 4.71. The van der Waals surface area contributed by atoms with Crippen LogP contribution in [0.25, 0.3) is 0 Å². The molecule has 0 aromatic carbocycles. The van der Waals surface area contributed by atoms with Gasteiger partial charge in [0.2, 0.25) is 5.95 Å². The number of hydrogen-bond acceptors (Lipinski definition) is 8. The Bertz CT molecular complexity index is 743. The van der Waals surface area contributed by atoms with E-state index in [1.165, 1.54) is 0 Å². The zero-order chi connectivity index (χ0) is 16.4. The van der Waals surface area contributed by atoms with Crippen LogP contribution in [-0.2, 0) is 0 Å². The molecule has 1 fully saturated rings. The molecule has 10 heteroatoms. The van der Waals surface area contributed by atoms with Gasteiger partial charge in [0.15, 0.2) is 9.66 Å². The van der Waals surface area contributed by atoms with Gasteiger partial charge < -0.3 is 14.9 Å². The summed E-state index contributed by atoms with van der Waals surface area (Å²) in [5.74, 6) is 1.65. The van der Waals surface area contributed by atoms with Crippen LogP contribution in [0.15, 0.2) is 17.1 Å². The predicted octanol–water partition coefficient (Wildman–Crippen LogP) is -0.0606. The lowest BCUT2D eigenvalue weighted by Gasteiger charge is -2.35. The highest BCUT2D eigenvalue weighted by atomic mass is 127. The first-order valence-corrected chi connectivity index (χ1v) is 8.25. The highest BCUT2D eigenvalue weighted by Crippen LogP contribution is 2.17. The highest BCUT2D eigenvalue weighted by Gasteiger charge is 2.21. The zero-order valence-electron chi connectivity index (χ0n) is 12.5. The molecule has 1 saturated heterocycles. The second-order valence-electron chi connectivity index (χ2n) is 5.17. The standard InChI is InChI=1S/C13H16IN7O2/c1-8(22)10-15-3-2-9(16-10)20-4-6-21(7-5-20)12-17-11(14)18-13(23)19-12/h2-3,8,22H,4-7H2,1H3,(H,17,18,19,23)/t8-/m1/s1. The summed E-state index contributed by atoms with van der Waals surface area (Å²) in [6.07, 6.45) is 0.960. The first kappa shape index (κ1) is 16.1. The van der Waals surface area contributed by atoms with Crippen LogP contribution < -0.4 is 15.5 Å². The number of aromatic nitrogens is 5. The molecule has 122 valence electrons. The van der Waals surface area contributed by atoms with E-state index < -0.39 is 6.10 Å². The van der Waals surface area contributed by atoms with E-state index >= 15 is 0 Å². The van der Waals surface area contributed by atoms with Gasteiger partial charge in [0.05, 0.1) is 0 Å². The van der Waals surface area contributed by atoms with Gasteiger partial charge in [-0.1, -0.05) is 0 Å². The molecule has 0 spiro atoms. The van der Waals surface area contributed by atoms with Gasteiger partial charge in [0, 0.05) is 32.4 Å². The summed E-state index contributed by atoms with van der Waals surface area (Å²) in [7, 11) is 0. The summed E-state index contributed by atoms with van der Waals surface area (Å²) in [5.41, 5.74) is -0.390. The van der Waals surface area contributed by atoms with Crippen LogP contribution in [0.1, 0.15) is 18.9 Å². The first-order valence-electron chi connectivity index (χ1n) is 7.17. The number of aromatic amines is 1. The zero-order valence-corrected chi connectivity index (χ0v) is 14.6. The van der Waals surface area contributed by atoms with Crippen molar-refractivity contribution in [3.8, 4) is 0 Å². The van der Waals surface area contributed by atoms with Crippen molar-refractivity contribution in [2.75, 3.05) is 36.0 Å². The van der Waals surface area contributed by atoms with Crippen molar-refractivity contribution in [1.82, 2.24) is 24.9 Å². The third-order valence-electron chi connectivity index (χ3n) is 3.53. The third-order valence-corrected chi connectivity index (χ3v) is 4.04. The second-order valence-corrected chi connectivity index (χ2v) is 6.19. The van der Waals surface area contributed by atoms with Crippen molar-refractivity contribution in [2.24, 2.45) is 0 Å². The van der Waals surface area contributed by atoms with E-state index in [0.29, 0.717) is 28.7 Å². The fraction of sp³-hybridized carbons (Fsp3) is 0.462. The van der Waals surface area contributed by atoms with Crippen LogP contribution in [0, 0.1) is 3.83 Å². The number of rotatable bonds is 3. The van der Waals surface area contributed by atoms with Crippen LogP contribution in [0.3, 0.4) is 0 Å². The molecule has 1 aliphatic heterocycles. The molecule has 3 heterocycles. The molecule has 0 radical (unpaired) electrons. The highest BCUT2D eigenvalue weighted by molar-refractivity contribution is 14.1. The molecular formula is C13H16IN7O2. The minimum Gasteiger partial charge on any atom is -0.385 e. The van der Waals surface area contributed by atoms with E-state index in [9.17, 15) is 9.90 Å². The Balaban J connectivity index is 1.71. The number of nitrogens with zero attached hydrogens (tertiary/aromatic N) is 6. The molecule has 0 amide bonds. The lowest BCUT2D eigenvalue weighted by Crippen LogP contribution is -2.48. The van der Waals surface area contributed by atoms with Gasteiger partial charge in [-0.3, -0.25) is 4.98 Å². The lowest BCUT2D eigenvalue weighted by molar-refractivity contribution is 0.189. The fourth-order valence-corrected chi connectivity index (χ4v) is 2.81. The lowest BCUT2D eigenvalue weighted by atomic mass is 10.3. The minimum atomic E-state index is -0.692. The number of H-pyrrole nitrogens is 1. The second kappa shape index (κ2) is 6.74. The topological polar surface area (TPSA) is 111 Å². The van der Waals surface area contributed by atoms with Crippen molar-refractivity contribution in [1.29, 1.82) is 0 Å². The van der Waals surface area contributed by atoms with Gasteiger partial charge in [0.25, 0.3) is 0 Å². The van der Waals surface area contributed by atoms with E-state index in [0.717, 1.165) is 18.9 Å². The van der Waals surface area contributed by atoms with Gasteiger partial charge in [-0.05, 0) is 35.6 Å². The Labute approximate surface area is 146 Å². The van der Waals surface area contributed by atoms with E-state index in [4.69, 9.17) is 0 Å². The van der Waals surface area contributed by atoms with Gasteiger partial charge in [-0.25, -0.2) is 14.8 Å². The average molecular weight is 429 g/mol. The summed E-state index contributed by atoms with van der Waals surface area (Å²) in [6, 6.07) is 1.83. The number of aliphatic hydroxyl groups is 1. The third kappa shape index (κ3) is 3.75. The number of aliphatic hydroxyl groups excluding tert-OH is 1. The number of anilines is 2. The predicted molar refractivity (Wildman–Crippen MR) is 92.5 cm³/mol. The van der Waals surface area contributed by atoms with E-state index in [2.05, 4.69) is 29.8 Å². The first-order chi connectivity index (χ1) is 11.0. The molecule has 3 rings (SSSR count). The molecule has 0 saturated carbocycles. The Morgan fingerprint density at radius 1 is 1.22 bits per heavy atom. The van der Waals surface area contributed by atoms with Crippen LogP contribution >= 0.6 is 22.6 Å². The number of piperazine rings is 1. The van der Waals surface area contributed by atoms with Crippen molar-refractivity contribution >= 4 is 34.4 Å². The number of halogens is 1. The fourth-order valence-electron chi connectivity index (χ4n) is 2.37. The van der Waals surface area contributed by atoms with Gasteiger partial charge in [-0.15, -0.1) is 0 Å². The minimum absolute atomic E-state index is 0.390. The van der Waals surface area contributed by atoms with Crippen LogP contribution in [-0.4, -0.2) is 56.2 Å². The Morgan fingerprint density at radius 3 is 2.57 bits per heavy atom. The maximum atomic E-state index is 11.5. The summed E-state index contributed by atoms with van der Waals surface area (Å²) in [6.45, 7) is 4.47. The molecule has 2 aromatic heterocycles. The summed E-state index contributed by atoms with van der Waals surface area (Å²) in [4.78, 5) is 34.7. The Hall–Kier alpha value is -1.82. The molecule has 1 atom stereocenters. The van der Waals surface area contributed by atoms with Crippen molar-refractivity contribution < 1.29 is 5.11 Å². The Morgan fingerprint density at radius 2 is 1.91 bits per heavy atom. The molecule has 2 aromatic rings. The van der Waals surface area contributed by atoms with Crippen molar-refractivity contribution in [3.63, 3.8) is 0 Å². The molecule has 1 aliphatic rings. The van der Waals surface area contributed by atoms with Gasteiger partial charge in [0.1, 0.15) is 11.9 Å². The van der Waals surface area contributed by atoms with Crippen LogP contribution in [0.4, 0.5) is 11.8 Å². The van der Waals surface area contributed by atoms with Crippen molar-refractivity contribution in [2.45, 2.75) is 13.0 Å². The maximum absolute atomic E-state index is 11.5. The van der Waals surface area contributed by atoms with E-state index in [-0.39, 0.29) is 5.69 Å². The SMILES string of the molecule is C[C@@H](O)c1nccc(N2CCN(c3nc(I)[nH]c(=O)n3)CC2)n1. The number of nitrogens with one attached hydrogen (secondary N) is 1. The largest absolute Gasteiger partial charge is 0.385 e. The molecular weight excluding hydrogens is 413 g/mol. The molecule has 0 aliphatic carbocycles. The maximum Gasteiger partial charge on any atom is 0.350 e. The molecule has 0 unspecified atom stereocenters. The van der Waals surface area contributed by atoms with Gasteiger partial charge >= 0.3 is 5.69 Å². The molecule has 9 nitrogen and oxygen atoms in total. The molecule has 23 heavy (non-hydrogen) atoms. The number of hydrogen-bond donors (Lipinski definition) is 2. The van der Waals surface area contributed by atoms with Crippen LogP contribution in [0.2, 0.25) is 0 Å². The normalized spacial score (nSPS) is 16.5. The quantitative estimate of drug-likeness (QED) is 0.654. The van der Waals surface area contributed by atoms with Crippen molar-refractivity contribution in [3.05, 3.63) is 32.4 Å². The molecule has 2 N–H and O–H groups in total.